The summed E-state index contributed by atoms with van der Waals surface area (Å²) in [5.41, 5.74) is 0.573. The summed E-state index contributed by atoms with van der Waals surface area (Å²) in [6, 6.07) is 8.47. The van der Waals surface area contributed by atoms with E-state index in [9.17, 15) is 9.59 Å². The van der Waals surface area contributed by atoms with Gasteiger partial charge in [-0.05, 0) is 18.1 Å². The summed E-state index contributed by atoms with van der Waals surface area (Å²) in [4.78, 5) is 25.9. The molecule has 2 rings (SSSR count). The zero-order valence-corrected chi connectivity index (χ0v) is 9.99. The molecule has 2 aromatic rings. The van der Waals surface area contributed by atoms with Crippen LogP contribution in [0.25, 0.3) is 5.69 Å². The van der Waals surface area contributed by atoms with Gasteiger partial charge in [-0.2, -0.15) is 0 Å². The Bertz CT molecular complexity index is 627. The van der Waals surface area contributed by atoms with E-state index in [0.717, 1.165) is 16.6 Å². The predicted octanol–water partition coefficient (Wildman–Crippen LogP) is 1.74. The quantitative estimate of drug-likeness (QED) is 0.826. The van der Waals surface area contributed by atoms with Gasteiger partial charge in [0, 0.05) is 6.07 Å². The Morgan fingerprint density at radius 2 is 2.00 bits per heavy atom. The predicted molar refractivity (Wildman–Crippen MR) is 67.0 cm³/mol. The van der Waals surface area contributed by atoms with Crippen molar-refractivity contribution >= 4 is 11.6 Å². The molecule has 0 bridgehead atoms. The van der Waals surface area contributed by atoms with Gasteiger partial charge in [0.1, 0.15) is 5.15 Å². The first-order valence-corrected chi connectivity index (χ1v) is 5.61. The molecule has 0 aliphatic rings. The Hall–Kier alpha value is -1.81. The number of aromatic amines is 1. The molecular formula is C12H11ClN2O2. The molecular weight excluding hydrogens is 240 g/mol. The number of benzene rings is 1. The lowest BCUT2D eigenvalue weighted by molar-refractivity contribution is 0.861. The molecule has 1 heterocycles. The highest BCUT2D eigenvalue weighted by Gasteiger charge is 2.08. The number of para-hydroxylation sites is 1. The summed E-state index contributed by atoms with van der Waals surface area (Å²) < 4.78 is 1.09. The van der Waals surface area contributed by atoms with Crippen LogP contribution in [0.15, 0.2) is 39.9 Å². The Balaban J connectivity index is 2.78. The number of H-pyrrole nitrogens is 1. The first-order valence-electron chi connectivity index (χ1n) is 5.23. The monoisotopic (exact) mass is 250 g/mol. The molecule has 4 nitrogen and oxygen atoms in total. The molecule has 5 heteroatoms. The maximum Gasteiger partial charge on any atom is 0.334 e. The van der Waals surface area contributed by atoms with Crippen LogP contribution < -0.4 is 11.2 Å². The molecule has 0 aliphatic heterocycles. The highest BCUT2D eigenvalue weighted by atomic mass is 35.5. The SMILES string of the molecule is CCc1ccccc1-n1c(=O)cc(Cl)[nH]c1=O. The minimum absolute atomic E-state index is 0.0465. The topological polar surface area (TPSA) is 54.9 Å². The van der Waals surface area contributed by atoms with Gasteiger partial charge < -0.3 is 0 Å². The van der Waals surface area contributed by atoms with E-state index in [2.05, 4.69) is 4.98 Å². The van der Waals surface area contributed by atoms with Gasteiger partial charge in [-0.15, -0.1) is 0 Å². The molecule has 1 N–H and O–H groups in total. The largest absolute Gasteiger partial charge is 0.334 e. The van der Waals surface area contributed by atoms with Crippen molar-refractivity contribution in [1.29, 1.82) is 0 Å². The van der Waals surface area contributed by atoms with Gasteiger partial charge in [-0.25, -0.2) is 9.36 Å². The average Bonchev–Trinajstić information content (AvgIpc) is 2.28. The second kappa shape index (κ2) is 4.59. The summed E-state index contributed by atoms with van der Waals surface area (Å²) in [6.45, 7) is 1.97. The van der Waals surface area contributed by atoms with Crippen molar-refractivity contribution in [2.24, 2.45) is 0 Å². The number of hydrogen-bond donors (Lipinski definition) is 1. The number of aromatic nitrogens is 2. The van der Waals surface area contributed by atoms with Gasteiger partial charge in [0.15, 0.2) is 0 Å². The molecule has 0 spiro atoms. The fraction of sp³-hybridized carbons (Fsp3) is 0.167. The molecule has 0 atom stereocenters. The summed E-state index contributed by atoms with van der Waals surface area (Å²) in [5.74, 6) is 0. The second-order valence-corrected chi connectivity index (χ2v) is 3.99. The Kier molecular flexibility index (Phi) is 3.15. The van der Waals surface area contributed by atoms with Crippen molar-refractivity contribution in [3.63, 3.8) is 0 Å². The van der Waals surface area contributed by atoms with Crippen molar-refractivity contribution in [3.8, 4) is 5.69 Å². The van der Waals surface area contributed by atoms with Gasteiger partial charge in [-0.1, -0.05) is 36.7 Å². The first kappa shape index (κ1) is 11.7. The van der Waals surface area contributed by atoms with Crippen LogP contribution in [0.3, 0.4) is 0 Å². The first-order chi connectivity index (χ1) is 8.13. The Morgan fingerprint density at radius 1 is 1.29 bits per heavy atom. The van der Waals surface area contributed by atoms with E-state index < -0.39 is 11.2 Å². The molecule has 0 amide bonds. The number of nitrogens with zero attached hydrogens (tertiary/aromatic N) is 1. The lowest BCUT2D eigenvalue weighted by Crippen LogP contribution is -2.33. The van der Waals surface area contributed by atoms with Gasteiger partial charge in [0.2, 0.25) is 0 Å². The normalized spacial score (nSPS) is 10.5. The van der Waals surface area contributed by atoms with E-state index in [1.54, 1.807) is 12.1 Å². The third kappa shape index (κ3) is 2.17. The fourth-order valence-corrected chi connectivity index (χ4v) is 1.90. The number of aryl methyl sites for hydroxylation is 1. The molecule has 88 valence electrons. The van der Waals surface area contributed by atoms with E-state index in [4.69, 9.17) is 11.6 Å². The van der Waals surface area contributed by atoms with Crippen LogP contribution in [0.5, 0.6) is 0 Å². The maximum atomic E-state index is 11.8. The van der Waals surface area contributed by atoms with E-state index >= 15 is 0 Å². The molecule has 0 radical (unpaired) electrons. The summed E-state index contributed by atoms with van der Waals surface area (Å²) in [5, 5.41) is 0.0465. The smallest absolute Gasteiger partial charge is 0.297 e. The van der Waals surface area contributed by atoms with Crippen LogP contribution in [0.2, 0.25) is 5.15 Å². The van der Waals surface area contributed by atoms with Crippen LogP contribution in [-0.4, -0.2) is 9.55 Å². The van der Waals surface area contributed by atoms with Crippen molar-refractivity contribution in [3.05, 3.63) is 61.9 Å². The Labute approximate surface area is 102 Å². The molecule has 1 aromatic heterocycles. The van der Waals surface area contributed by atoms with Gasteiger partial charge in [0.05, 0.1) is 5.69 Å². The molecule has 17 heavy (non-hydrogen) atoms. The Morgan fingerprint density at radius 3 is 2.65 bits per heavy atom. The van der Waals surface area contributed by atoms with Crippen molar-refractivity contribution in [2.45, 2.75) is 13.3 Å². The molecule has 0 saturated heterocycles. The summed E-state index contributed by atoms with van der Waals surface area (Å²) in [7, 11) is 0. The van der Waals surface area contributed by atoms with Crippen LogP contribution in [-0.2, 0) is 6.42 Å². The number of hydrogen-bond acceptors (Lipinski definition) is 2. The van der Waals surface area contributed by atoms with Crippen molar-refractivity contribution in [1.82, 2.24) is 9.55 Å². The zero-order chi connectivity index (χ0) is 12.4. The van der Waals surface area contributed by atoms with E-state index in [-0.39, 0.29) is 5.15 Å². The number of halogens is 1. The zero-order valence-electron chi connectivity index (χ0n) is 9.24. The molecule has 0 unspecified atom stereocenters. The highest BCUT2D eigenvalue weighted by Crippen LogP contribution is 2.11. The van der Waals surface area contributed by atoms with E-state index in [1.807, 2.05) is 19.1 Å². The van der Waals surface area contributed by atoms with Crippen LogP contribution in [0.1, 0.15) is 12.5 Å². The number of nitrogens with one attached hydrogen (secondary N) is 1. The fourth-order valence-electron chi connectivity index (χ4n) is 1.72. The van der Waals surface area contributed by atoms with E-state index in [0.29, 0.717) is 5.69 Å². The van der Waals surface area contributed by atoms with Gasteiger partial charge >= 0.3 is 5.69 Å². The molecule has 0 saturated carbocycles. The summed E-state index contributed by atoms with van der Waals surface area (Å²) >= 11 is 5.61. The molecule has 0 fully saturated rings. The molecule has 1 aromatic carbocycles. The van der Waals surface area contributed by atoms with Gasteiger partial charge in [-0.3, -0.25) is 9.78 Å². The van der Waals surface area contributed by atoms with Crippen LogP contribution in [0, 0.1) is 0 Å². The molecule has 0 aliphatic carbocycles. The van der Waals surface area contributed by atoms with Gasteiger partial charge in [0.25, 0.3) is 5.56 Å². The van der Waals surface area contributed by atoms with Crippen LogP contribution in [0.4, 0.5) is 0 Å². The minimum atomic E-state index is -0.525. The van der Waals surface area contributed by atoms with Crippen molar-refractivity contribution < 1.29 is 0 Å². The second-order valence-electron chi connectivity index (χ2n) is 3.58. The lowest BCUT2D eigenvalue weighted by atomic mass is 10.1. The third-order valence-corrected chi connectivity index (χ3v) is 2.72. The lowest BCUT2D eigenvalue weighted by Gasteiger charge is -2.08. The standard InChI is InChI=1S/C12H11ClN2O2/c1-2-8-5-3-4-6-9(8)15-11(16)7-10(13)14-12(15)17/h3-7H,2H2,1H3,(H,14,17). The van der Waals surface area contributed by atoms with Crippen molar-refractivity contribution in [2.75, 3.05) is 0 Å². The third-order valence-electron chi connectivity index (χ3n) is 2.51. The number of rotatable bonds is 2. The van der Waals surface area contributed by atoms with Crippen LogP contribution >= 0.6 is 11.6 Å². The van der Waals surface area contributed by atoms with E-state index in [1.165, 1.54) is 6.07 Å². The minimum Gasteiger partial charge on any atom is -0.297 e. The highest BCUT2D eigenvalue weighted by molar-refractivity contribution is 6.29. The maximum absolute atomic E-state index is 11.8. The average molecular weight is 251 g/mol. The summed E-state index contributed by atoms with van der Waals surface area (Å²) in [6.07, 6.45) is 0.741.